The summed E-state index contributed by atoms with van der Waals surface area (Å²) >= 11 is 0. The van der Waals surface area contributed by atoms with Crippen LogP contribution in [0.4, 0.5) is 4.39 Å². The predicted molar refractivity (Wildman–Crippen MR) is 93.9 cm³/mol. The summed E-state index contributed by atoms with van der Waals surface area (Å²) in [5.74, 6) is 0.352. The van der Waals surface area contributed by atoms with E-state index in [9.17, 15) is 9.18 Å². The normalized spacial score (nSPS) is 18.6. The summed E-state index contributed by atoms with van der Waals surface area (Å²) < 4.78 is 13.1. The van der Waals surface area contributed by atoms with Crippen molar-refractivity contribution in [3.05, 3.63) is 71.2 Å². The minimum absolute atomic E-state index is 0.168. The summed E-state index contributed by atoms with van der Waals surface area (Å²) in [6.07, 6.45) is 12.3. The van der Waals surface area contributed by atoms with Gasteiger partial charge in [0, 0.05) is 31.8 Å². The molecule has 1 aliphatic carbocycles. The van der Waals surface area contributed by atoms with Gasteiger partial charge < -0.3 is 10.2 Å². The van der Waals surface area contributed by atoms with Gasteiger partial charge in [0.1, 0.15) is 5.82 Å². The molecule has 0 atom stereocenters. The quantitative estimate of drug-likeness (QED) is 0.840. The fraction of sp³-hybridized carbons (Fsp3) is 0.350. The Morgan fingerprint density at radius 1 is 1.17 bits per heavy atom. The van der Waals surface area contributed by atoms with Crippen LogP contribution in [-0.2, 0) is 4.79 Å². The number of nitrogens with zero attached hydrogens (tertiary/aromatic N) is 1. The van der Waals surface area contributed by atoms with Crippen LogP contribution in [0.1, 0.15) is 30.7 Å². The largest absolute Gasteiger partial charge is 0.375 e. The van der Waals surface area contributed by atoms with Crippen LogP contribution in [0.3, 0.4) is 0 Å². The lowest BCUT2D eigenvalue weighted by atomic mass is 9.89. The Morgan fingerprint density at radius 2 is 1.92 bits per heavy atom. The van der Waals surface area contributed by atoms with Crippen LogP contribution in [-0.4, -0.2) is 30.9 Å². The predicted octanol–water partition coefficient (Wildman–Crippen LogP) is 3.52. The van der Waals surface area contributed by atoms with E-state index in [1.165, 1.54) is 11.3 Å². The maximum absolute atomic E-state index is 13.1. The molecule has 1 N–H and O–H groups in total. The lowest BCUT2D eigenvalue weighted by Crippen LogP contribution is -2.32. The van der Waals surface area contributed by atoms with Gasteiger partial charge in [0.2, 0.25) is 6.41 Å². The summed E-state index contributed by atoms with van der Waals surface area (Å²) in [6, 6.07) is 6.94. The molecule has 1 aromatic carbocycles. The summed E-state index contributed by atoms with van der Waals surface area (Å²) in [5.41, 5.74) is 3.68. The topological polar surface area (TPSA) is 32.3 Å². The number of likely N-dealkylation sites (tertiary alicyclic amines) is 1. The Kier molecular flexibility index (Phi) is 5.47. The third kappa shape index (κ3) is 4.13. The number of carbonyl (C=O) groups is 1. The van der Waals surface area contributed by atoms with Crippen LogP contribution >= 0.6 is 0 Å². The molecule has 0 spiro atoms. The fourth-order valence-electron chi connectivity index (χ4n) is 3.40. The van der Waals surface area contributed by atoms with Gasteiger partial charge in [-0.1, -0.05) is 30.4 Å². The zero-order valence-corrected chi connectivity index (χ0v) is 13.7. The van der Waals surface area contributed by atoms with Crippen molar-refractivity contribution in [3.8, 4) is 0 Å². The molecule has 2 aliphatic rings. The lowest BCUT2D eigenvalue weighted by Gasteiger charge is -2.35. The van der Waals surface area contributed by atoms with Crippen LogP contribution in [0.15, 0.2) is 59.8 Å². The van der Waals surface area contributed by atoms with Crippen LogP contribution < -0.4 is 5.32 Å². The van der Waals surface area contributed by atoms with E-state index in [1.54, 1.807) is 12.1 Å². The molecule has 0 saturated carbocycles. The number of amides is 1. The monoisotopic (exact) mass is 326 g/mol. The van der Waals surface area contributed by atoms with E-state index in [0.717, 1.165) is 44.3 Å². The molecular formula is C20H23FN2O. The Hall–Kier alpha value is -2.36. The molecule has 0 radical (unpaired) electrons. The third-order valence-corrected chi connectivity index (χ3v) is 4.78. The van der Waals surface area contributed by atoms with Gasteiger partial charge in [-0.25, -0.2) is 4.39 Å². The highest BCUT2D eigenvalue weighted by Gasteiger charge is 2.21. The van der Waals surface area contributed by atoms with Gasteiger partial charge >= 0.3 is 0 Å². The number of allylic oxidation sites excluding steroid dienone is 3. The SMILES string of the molecule is O=CNCC1=CC=C(N2CCC(c3ccc(F)cc3)CC2)CC=C1. The van der Waals surface area contributed by atoms with Crippen molar-refractivity contribution in [2.75, 3.05) is 19.6 Å². The molecule has 0 aromatic heterocycles. The Morgan fingerprint density at radius 3 is 2.62 bits per heavy atom. The molecule has 4 heteroatoms. The molecule has 1 aliphatic heterocycles. The highest BCUT2D eigenvalue weighted by Crippen LogP contribution is 2.30. The van der Waals surface area contributed by atoms with Crippen molar-refractivity contribution in [2.45, 2.75) is 25.2 Å². The lowest BCUT2D eigenvalue weighted by molar-refractivity contribution is -0.109. The number of nitrogens with one attached hydrogen (secondary N) is 1. The van der Waals surface area contributed by atoms with Gasteiger partial charge in [-0.05, 0) is 48.1 Å². The standard InChI is InChI=1S/C20H23FN2O/c21-19-7-5-17(6-8-19)18-10-12-23(13-11-18)20-3-1-2-16(4-9-20)14-22-15-24/h1-2,4-9,15,18H,3,10-14H2,(H,22,24). The second-order valence-electron chi connectivity index (χ2n) is 6.32. The summed E-state index contributed by atoms with van der Waals surface area (Å²) in [7, 11) is 0. The van der Waals surface area contributed by atoms with Crippen LogP contribution in [0, 0.1) is 5.82 Å². The number of piperidine rings is 1. The van der Waals surface area contributed by atoms with Gasteiger partial charge in [-0.15, -0.1) is 0 Å². The van der Waals surface area contributed by atoms with Gasteiger partial charge in [-0.3, -0.25) is 4.79 Å². The number of rotatable bonds is 5. The molecule has 126 valence electrons. The van der Waals surface area contributed by atoms with E-state index < -0.39 is 0 Å². The first-order chi connectivity index (χ1) is 11.8. The van der Waals surface area contributed by atoms with Gasteiger partial charge in [0.25, 0.3) is 0 Å². The Bertz CT molecular complexity index is 653. The second kappa shape index (κ2) is 7.95. The number of hydrogen-bond acceptors (Lipinski definition) is 2. The van der Waals surface area contributed by atoms with Crippen LogP contribution in [0.25, 0.3) is 0 Å². The summed E-state index contributed by atoms with van der Waals surface area (Å²) in [6.45, 7) is 2.62. The maximum atomic E-state index is 13.1. The van der Waals surface area contributed by atoms with Gasteiger partial charge in [0.05, 0.1) is 0 Å². The molecule has 0 unspecified atom stereocenters. The van der Waals surface area contributed by atoms with E-state index in [4.69, 9.17) is 0 Å². The van der Waals surface area contributed by atoms with E-state index in [-0.39, 0.29) is 5.82 Å². The highest BCUT2D eigenvalue weighted by molar-refractivity contribution is 5.47. The fourth-order valence-corrected chi connectivity index (χ4v) is 3.40. The molecule has 3 nitrogen and oxygen atoms in total. The molecule has 1 heterocycles. The molecule has 1 saturated heterocycles. The van der Waals surface area contributed by atoms with Gasteiger partial charge in [-0.2, -0.15) is 0 Å². The van der Waals surface area contributed by atoms with Crippen molar-refractivity contribution in [1.29, 1.82) is 0 Å². The summed E-state index contributed by atoms with van der Waals surface area (Å²) in [4.78, 5) is 12.8. The van der Waals surface area contributed by atoms with E-state index in [2.05, 4.69) is 34.5 Å². The van der Waals surface area contributed by atoms with E-state index in [1.807, 2.05) is 12.1 Å². The molecule has 3 rings (SSSR count). The first kappa shape index (κ1) is 16.5. The second-order valence-corrected chi connectivity index (χ2v) is 6.32. The summed E-state index contributed by atoms with van der Waals surface area (Å²) in [5, 5.41) is 2.70. The minimum Gasteiger partial charge on any atom is -0.375 e. The zero-order valence-electron chi connectivity index (χ0n) is 13.7. The molecule has 1 fully saturated rings. The van der Waals surface area contributed by atoms with E-state index in [0.29, 0.717) is 12.5 Å². The number of benzene rings is 1. The Labute approximate surface area is 142 Å². The van der Waals surface area contributed by atoms with Gasteiger partial charge in [0.15, 0.2) is 0 Å². The van der Waals surface area contributed by atoms with Crippen molar-refractivity contribution in [1.82, 2.24) is 10.2 Å². The number of carbonyl (C=O) groups excluding carboxylic acids is 1. The number of hydrogen-bond donors (Lipinski definition) is 1. The van der Waals surface area contributed by atoms with Crippen LogP contribution in [0.5, 0.6) is 0 Å². The smallest absolute Gasteiger partial charge is 0.207 e. The molecular weight excluding hydrogens is 303 g/mol. The first-order valence-electron chi connectivity index (χ1n) is 8.50. The third-order valence-electron chi connectivity index (χ3n) is 4.78. The Balaban J connectivity index is 1.59. The molecule has 0 bridgehead atoms. The average Bonchev–Trinajstić information content (AvgIpc) is 2.86. The number of halogens is 1. The molecule has 24 heavy (non-hydrogen) atoms. The maximum Gasteiger partial charge on any atom is 0.207 e. The van der Waals surface area contributed by atoms with Crippen molar-refractivity contribution < 1.29 is 9.18 Å². The first-order valence-corrected chi connectivity index (χ1v) is 8.50. The molecule has 1 amide bonds. The highest BCUT2D eigenvalue weighted by atomic mass is 19.1. The minimum atomic E-state index is -0.168. The average molecular weight is 326 g/mol. The van der Waals surface area contributed by atoms with Crippen molar-refractivity contribution >= 4 is 6.41 Å². The van der Waals surface area contributed by atoms with Crippen LogP contribution in [0.2, 0.25) is 0 Å². The van der Waals surface area contributed by atoms with Crippen molar-refractivity contribution in [3.63, 3.8) is 0 Å². The van der Waals surface area contributed by atoms with E-state index >= 15 is 0 Å². The molecule has 1 aromatic rings. The van der Waals surface area contributed by atoms with Crippen molar-refractivity contribution in [2.24, 2.45) is 0 Å². The zero-order chi connectivity index (χ0) is 16.8.